The van der Waals surface area contributed by atoms with Gasteiger partial charge in [-0.2, -0.15) is 0 Å². The Labute approximate surface area is 330 Å². The van der Waals surface area contributed by atoms with Crippen molar-refractivity contribution >= 4 is 60.7 Å². The number of hydrogen-bond donors (Lipinski definition) is 0. The van der Waals surface area contributed by atoms with Gasteiger partial charge in [0.15, 0.2) is 0 Å². The van der Waals surface area contributed by atoms with Gasteiger partial charge in [-0.3, -0.25) is 4.98 Å². The molecule has 0 saturated heterocycles. The van der Waals surface area contributed by atoms with E-state index in [1.54, 1.807) is 0 Å². The number of aromatic nitrogens is 3. The molecule has 0 unspecified atom stereocenters. The molecule has 0 aliphatic carbocycles. The summed E-state index contributed by atoms with van der Waals surface area (Å²) in [7, 11) is 0. The minimum absolute atomic E-state index is 1.02. The molecule has 8 aromatic carbocycles. The van der Waals surface area contributed by atoms with Crippen LogP contribution in [-0.2, 0) is 0 Å². The van der Waals surface area contributed by atoms with Crippen LogP contribution in [0, 0.1) is 0 Å². The van der Waals surface area contributed by atoms with Crippen LogP contribution in [0.25, 0.3) is 77.2 Å². The molecule has 268 valence electrons. The maximum absolute atomic E-state index is 4.59. The molecule has 0 saturated carbocycles. The molecule has 11 rings (SSSR count). The first-order chi connectivity index (χ1) is 28.3. The van der Waals surface area contributed by atoms with Crippen LogP contribution in [0.4, 0.5) is 17.1 Å². The van der Waals surface area contributed by atoms with Gasteiger partial charge in [-0.1, -0.05) is 127 Å². The van der Waals surface area contributed by atoms with Gasteiger partial charge < -0.3 is 14.0 Å². The predicted octanol–water partition coefficient (Wildman–Crippen LogP) is 14.1. The summed E-state index contributed by atoms with van der Waals surface area (Å²) in [6.45, 7) is 0. The third-order valence-corrected chi connectivity index (χ3v) is 11.1. The third kappa shape index (κ3) is 5.50. The molecule has 0 aliphatic heterocycles. The SMILES string of the molecule is c1ccc(-c2cccc(N(c3ccccc3)c3cc(-c4ccc5c6ccccc6n(-c6ccccc6)c5c4)c4c(c3)c3ccccc3n4-c3cccnc3)c2)cc1. The molecule has 0 spiro atoms. The van der Waals surface area contributed by atoms with E-state index in [4.69, 9.17) is 0 Å². The second-order valence-corrected chi connectivity index (χ2v) is 14.5. The molecule has 3 aromatic heterocycles. The summed E-state index contributed by atoms with van der Waals surface area (Å²) in [5, 5.41) is 4.82. The Morgan fingerprint density at radius 3 is 1.72 bits per heavy atom. The predicted molar refractivity (Wildman–Crippen MR) is 238 cm³/mol. The van der Waals surface area contributed by atoms with E-state index >= 15 is 0 Å². The molecule has 0 aliphatic rings. The van der Waals surface area contributed by atoms with E-state index in [1.165, 1.54) is 38.2 Å². The molecule has 0 radical (unpaired) electrons. The first-order valence-corrected chi connectivity index (χ1v) is 19.4. The zero-order valence-electron chi connectivity index (χ0n) is 31.1. The Morgan fingerprint density at radius 2 is 0.965 bits per heavy atom. The molecular weight excluding hydrogens is 693 g/mol. The second-order valence-electron chi connectivity index (χ2n) is 14.5. The first kappa shape index (κ1) is 32.7. The quantitative estimate of drug-likeness (QED) is 0.163. The van der Waals surface area contributed by atoms with Gasteiger partial charge in [-0.15, -0.1) is 0 Å². The molecule has 0 fully saturated rings. The maximum Gasteiger partial charge on any atom is 0.0645 e. The number of para-hydroxylation sites is 4. The second kappa shape index (κ2) is 13.6. The Morgan fingerprint density at radius 1 is 0.351 bits per heavy atom. The van der Waals surface area contributed by atoms with Crippen molar-refractivity contribution in [2.75, 3.05) is 4.90 Å². The highest BCUT2D eigenvalue weighted by Gasteiger charge is 2.23. The van der Waals surface area contributed by atoms with Gasteiger partial charge in [0.25, 0.3) is 0 Å². The summed E-state index contributed by atoms with van der Waals surface area (Å²) < 4.78 is 4.79. The Bertz CT molecular complexity index is 3220. The van der Waals surface area contributed by atoms with E-state index in [0.29, 0.717) is 0 Å². The topological polar surface area (TPSA) is 26.0 Å². The van der Waals surface area contributed by atoms with Crippen molar-refractivity contribution < 1.29 is 0 Å². The highest BCUT2D eigenvalue weighted by atomic mass is 15.1. The number of pyridine rings is 1. The standard InChI is InChI=1S/C53H36N4/c1-4-16-37(17-5-1)38-18-14-23-42(32-38)55(40-19-6-2-7-20-40)44-34-48(53-49(35-44)46-26-11-13-28-51(46)57(53)43-24-15-31-54-36-43)39-29-30-47-45-25-10-12-27-50(45)56(52(47)33-39)41-21-8-3-9-22-41/h1-36H. The van der Waals surface area contributed by atoms with E-state index < -0.39 is 0 Å². The van der Waals surface area contributed by atoms with Crippen LogP contribution < -0.4 is 4.90 Å². The van der Waals surface area contributed by atoms with Crippen LogP contribution in [0.1, 0.15) is 0 Å². The van der Waals surface area contributed by atoms with Crippen LogP contribution in [0.5, 0.6) is 0 Å². The fourth-order valence-corrected chi connectivity index (χ4v) is 8.66. The zero-order valence-corrected chi connectivity index (χ0v) is 31.1. The van der Waals surface area contributed by atoms with Gasteiger partial charge in [0.05, 0.1) is 34.0 Å². The molecule has 0 atom stereocenters. The summed E-state index contributed by atoms with van der Waals surface area (Å²) >= 11 is 0. The molecule has 57 heavy (non-hydrogen) atoms. The van der Waals surface area contributed by atoms with Crippen molar-refractivity contribution in [3.63, 3.8) is 0 Å². The molecule has 11 aromatic rings. The smallest absolute Gasteiger partial charge is 0.0645 e. The van der Waals surface area contributed by atoms with E-state index in [1.807, 2.05) is 18.5 Å². The van der Waals surface area contributed by atoms with Crippen molar-refractivity contribution in [3.05, 3.63) is 219 Å². The summed E-state index contributed by atoms with van der Waals surface area (Å²) in [6.07, 6.45) is 3.80. The van der Waals surface area contributed by atoms with Gasteiger partial charge in [0.1, 0.15) is 0 Å². The molecular formula is C53H36N4. The van der Waals surface area contributed by atoms with Crippen molar-refractivity contribution in [2.45, 2.75) is 0 Å². The molecule has 0 bridgehead atoms. The number of nitrogens with zero attached hydrogens (tertiary/aromatic N) is 4. The zero-order chi connectivity index (χ0) is 37.7. The van der Waals surface area contributed by atoms with Crippen LogP contribution in [0.3, 0.4) is 0 Å². The largest absolute Gasteiger partial charge is 0.310 e. The summed E-state index contributed by atoms with van der Waals surface area (Å²) in [5.74, 6) is 0. The molecule has 3 heterocycles. The lowest BCUT2D eigenvalue weighted by atomic mass is 9.98. The van der Waals surface area contributed by atoms with Crippen LogP contribution >= 0.6 is 0 Å². The number of fused-ring (bicyclic) bond motifs is 6. The Balaban J connectivity index is 1.24. The highest BCUT2D eigenvalue weighted by Crippen LogP contribution is 2.46. The fourth-order valence-electron chi connectivity index (χ4n) is 8.66. The fraction of sp³-hybridized carbons (Fsp3) is 0. The van der Waals surface area contributed by atoms with Crippen molar-refractivity contribution in [2.24, 2.45) is 0 Å². The number of hydrogen-bond acceptors (Lipinski definition) is 2. The van der Waals surface area contributed by atoms with E-state index in [2.05, 4.69) is 219 Å². The lowest BCUT2D eigenvalue weighted by Crippen LogP contribution is -2.10. The molecule has 0 N–H and O–H groups in total. The van der Waals surface area contributed by atoms with Crippen LogP contribution in [-0.4, -0.2) is 14.1 Å². The lowest BCUT2D eigenvalue weighted by Gasteiger charge is -2.27. The van der Waals surface area contributed by atoms with Gasteiger partial charge in [-0.25, -0.2) is 0 Å². The average molecular weight is 729 g/mol. The van der Waals surface area contributed by atoms with Gasteiger partial charge in [-0.05, 0) is 95.6 Å². The summed E-state index contributed by atoms with van der Waals surface area (Å²) in [6, 6.07) is 74.3. The van der Waals surface area contributed by atoms with E-state index in [0.717, 1.165) is 56.1 Å². The normalized spacial score (nSPS) is 11.5. The van der Waals surface area contributed by atoms with Gasteiger partial charge in [0, 0.05) is 56.1 Å². The number of rotatable bonds is 7. The lowest BCUT2D eigenvalue weighted by molar-refractivity contribution is 1.14. The Hall–Kier alpha value is -7.69. The van der Waals surface area contributed by atoms with E-state index in [9.17, 15) is 0 Å². The minimum Gasteiger partial charge on any atom is -0.310 e. The minimum atomic E-state index is 1.02. The average Bonchev–Trinajstić information content (AvgIpc) is 3.80. The van der Waals surface area contributed by atoms with Gasteiger partial charge in [0.2, 0.25) is 0 Å². The number of anilines is 3. The maximum atomic E-state index is 4.59. The first-order valence-electron chi connectivity index (χ1n) is 19.4. The monoisotopic (exact) mass is 728 g/mol. The highest BCUT2D eigenvalue weighted by molar-refractivity contribution is 6.17. The van der Waals surface area contributed by atoms with Crippen LogP contribution in [0.2, 0.25) is 0 Å². The van der Waals surface area contributed by atoms with Crippen molar-refractivity contribution in [1.82, 2.24) is 14.1 Å². The molecule has 4 nitrogen and oxygen atoms in total. The van der Waals surface area contributed by atoms with Crippen molar-refractivity contribution in [3.8, 4) is 33.6 Å². The number of benzene rings is 8. The third-order valence-electron chi connectivity index (χ3n) is 11.1. The van der Waals surface area contributed by atoms with Crippen LogP contribution in [0.15, 0.2) is 219 Å². The van der Waals surface area contributed by atoms with Crippen molar-refractivity contribution in [1.29, 1.82) is 0 Å². The molecule has 0 amide bonds. The Kier molecular flexibility index (Phi) is 7.78. The summed E-state index contributed by atoms with van der Waals surface area (Å²) in [5.41, 5.74) is 14.7. The summed E-state index contributed by atoms with van der Waals surface area (Å²) in [4.78, 5) is 6.99. The van der Waals surface area contributed by atoms with Gasteiger partial charge >= 0.3 is 0 Å². The van der Waals surface area contributed by atoms with E-state index in [-0.39, 0.29) is 0 Å². The molecule has 4 heteroatoms.